The molecular formula is C117H252N12O. The molecule has 11 fully saturated rings. The number of piperazine rings is 1. The highest BCUT2D eigenvalue weighted by Gasteiger charge is 2.47. The Hall–Kier alpha value is -0.520. The van der Waals surface area contributed by atoms with Gasteiger partial charge in [0.05, 0.1) is 12.2 Å². The van der Waals surface area contributed by atoms with Crippen molar-refractivity contribution in [3.8, 4) is 0 Å². The quantitative estimate of drug-likeness (QED) is 0.112. The van der Waals surface area contributed by atoms with Gasteiger partial charge >= 0.3 is 0 Å². The van der Waals surface area contributed by atoms with Gasteiger partial charge in [0.2, 0.25) is 0 Å². The molecule has 1 saturated carbocycles. The van der Waals surface area contributed by atoms with Crippen LogP contribution in [0.5, 0.6) is 0 Å². The SMILES string of the molecule is CC(C)C.CC(C)C.CC(C)C.CC(C)C1(C(C)C)CC1.CC(C)C1CCCCN1C(C)C.CC(C)C1CCCN(C(C)C)C1.CC(C)C1CCN(C(C)C)CC1.CC(C)CC1CN(C(C)C)C1.CC(C)N1CCC1.CC(C)N1CCCC1.CC(C)N1CCCCC1.CC(C)N1CCN(C(C)C)CC1.CC(C)NC1CCN(C(C)C)CC1.CC(C)OC1CCN(C(C)C)CC1. The van der Waals surface area contributed by atoms with Crippen LogP contribution in [0.15, 0.2) is 0 Å². The van der Waals surface area contributed by atoms with Gasteiger partial charge in [-0.05, 0) is 437 Å². The second kappa shape index (κ2) is 76.2. The maximum Gasteiger partial charge on any atom is 0.0603 e. The van der Waals surface area contributed by atoms with E-state index in [1.807, 2.05) is 0 Å². The third-order valence-electron chi connectivity index (χ3n) is 29.0. The van der Waals surface area contributed by atoms with E-state index in [0.29, 0.717) is 24.3 Å². The molecule has 10 aliphatic heterocycles. The van der Waals surface area contributed by atoms with Gasteiger partial charge in [-0.25, -0.2) is 0 Å². The number of piperidine rings is 6. The number of nitrogens with one attached hydrogen (secondary N) is 1. The molecule has 0 aromatic heterocycles. The fraction of sp³-hybridized carbons (Fsp3) is 1.00. The predicted octanol–water partition coefficient (Wildman–Crippen LogP) is 28.9. The van der Waals surface area contributed by atoms with Gasteiger partial charge in [0.1, 0.15) is 0 Å². The molecule has 10 heterocycles. The molecule has 11 rings (SSSR count). The van der Waals surface area contributed by atoms with Crippen LogP contribution in [0.25, 0.3) is 0 Å². The number of likely N-dealkylation sites (tertiary alicyclic amines) is 9. The van der Waals surface area contributed by atoms with Crippen LogP contribution in [-0.2, 0) is 4.74 Å². The van der Waals surface area contributed by atoms with Crippen LogP contribution >= 0.6 is 0 Å². The topological polar surface area (TPSA) is 56.9 Å². The maximum atomic E-state index is 5.79. The lowest BCUT2D eigenvalue weighted by atomic mass is 9.82. The summed E-state index contributed by atoms with van der Waals surface area (Å²) in [6.07, 6.45) is 28.8. The minimum atomic E-state index is 0.385. The van der Waals surface area contributed by atoms with E-state index in [1.165, 1.54) is 266 Å². The smallest absolute Gasteiger partial charge is 0.0603 e. The third kappa shape index (κ3) is 67.0. The number of nitrogens with zero attached hydrogens (tertiary/aromatic N) is 11. The summed E-state index contributed by atoms with van der Waals surface area (Å²) >= 11 is 0. The third-order valence-corrected chi connectivity index (χ3v) is 29.0. The van der Waals surface area contributed by atoms with Gasteiger partial charge in [-0.2, -0.15) is 0 Å². The Labute approximate surface area is 823 Å². The normalized spacial score (nSPS) is 21.9. The van der Waals surface area contributed by atoms with E-state index in [0.717, 1.165) is 149 Å². The minimum Gasteiger partial charge on any atom is -0.375 e. The molecule has 1 N–H and O–H groups in total. The molecule has 13 nitrogen and oxygen atoms in total. The van der Waals surface area contributed by atoms with E-state index in [-0.39, 0.29) is 0 Å². The van der Waals surface area contributed by atoms with E-state index >= 15 is 0 Å². The number of hydrogen-bond acceptors (Lipinski definition) is 13. The van der Waals surface area contributed by atoms with Gasteiger partial charge in [-0.3, -0.25) is 14.7 Å². The van der Waals surface area contributed by atoms with Gasteiger partial charge in [-0.1, -0.05) is 172 Å². The van der Waals surface area contributed by atoms with E-state index in [9.17, 15) is 0 Å². The highest BCUT2D eigenvalue weighted by molar-refractivity contribution is 4.97. The van der Waals surface area contributed by atoms with Crippen LogP contribution in [0.1, 0.15) is 454 Å². The number of hydrogen-bond donors (Lipinski definition) is 1. The molecular weight excluding hydrogens is 1590 g/mol. The van der Waals surface area contributed by atoms with Gasteiger partial charge in [0.25, 0.3) is 0 Å². The zero-order valence-corrected chi connectivity index (χ0v) is 98.5. The maximum absolute atomic E-state index is 5.79. The Morgan fingerprint density at radius 1 is 0.254 bits per heavy atom. The lowest BCUT2D eigenvalue weighted by Gasteiger charge is -2.42. The monoisotopic (exact) mass is 1840 g/mol. The van der Waals surface area contributed by atoms with Gasteiger partial charge in [0, 0.05) is 143 Å². The van der Waals surface area contributed by atoms with Crippen LogP contribution in [0.2, 0.25) is 0 Å². The first kappa shape index (κ1) is 134. The van der Waals surface area contributed by atoms with Crippen molar-refractivity contribution >= 4 is 0 Å². The molecule has 2 unspecified atom stereocenters. The van der Waals surface area contributed by atoms with E-state index < -0.39 is 0 Å². The minimum absolute atomic E-state index is 0.385. The summed E-state index contributed by atoms with van der Waals surface area (Å²) in [5.74, 6) is 10.7. The highest BCUT2D eigenvalue weighted by atomic mass is 16.5. The van der Waals surface area contributed by atoms with Gasteiger partial charge in [0.15, 0.2) is 0 Å². The van der Waals surface area contributed by atoms with Gasteiger partial charge in [-0.15, -0.1) is 0 Å². The molecule has 0 spiro atoms. The molecule has 13 heteroatoms. The second-order valence-electron chi connectivity index (χ2n) is 49.9. The fourth-order valence-electron chi connectivity index (χ4n) is 19.6. The van der Waals surface area contributed by atoms with Crippen molar-refractivity contribution in [3.05, 3.63) is 0 Å². The summed E-state index contributed by atoms with van der Waals surface area (Å²) in [5, 5.41) is 3.61. The molecule has 2 atom stereocenters. The molecule has 0 bridgehead atoms. The first-order chi connectivity index (χ1) is 60.4. The summed E-state index contributed by atoms with van der Waals surface area (Å²) in [6.45, 7) is 134. The molecule has 786 valence electrons. The predicted molar refractivity (Wildman–Crippen MR) is 591 cm³/mol. The van der Waals surface area contributed by atoms with Crippen molar-refractivity contribution in [2.24, 2.45) is 76.4 Å². The van der Waals surface area contributed by atoms with Crippen LogP contribution in [-0.4, -0.2) is 288 Å². The molecule has 1 aliphatic carbocycles. The fourth-order valence-corrected chi connectivity index (χ4v) is 19.6. The largest absolute Gasteiger partial charge is 0.375 e. The van der Waals surface area contributed by atoms with Crippen LogP contribution < -0.4 is 5.32 Å². The number of ether oxygens (including phenoxy) is 1. The highest BCUT2D eigenvalue weighted by Crippen LogP contribution is 2.57. The van der Waals surface area contributed by atoms with Crippen molar-refractivity contribution in [2.75, 3.05) is 137 Å². The molecule has 0 amide bonds. The lowest BCUT2D eigenvalue weighted by molar-refractivity contribution is -0.0309. The first-order valence-corrected chi connectivity index (χ1v) is 57.0. The van der Waals surface area contributed by atoms with E-state index in [4.69, 9.17) is 4.74 Å². The summed E-state index contributed by atoms with van der Waals surface area (Å²) in [4.78, 5) is 28.2. The Morgan fingerprint density at radius 3 is 0.808 bits per heavy atom. The second-order valence-corrected chi connectivity index (χ2v) is 49.9. The molecule has 10 saturated heterocycles. The van der Waals surface area contributed by atoms with E-state index in [1.54, 1.807) is 0 Å². The molecule has 130 heavy (non-hydrogen) atoms. The Balaban J connectivity index is -0.00000135. The number of rotatable bonds is 22. The molecule has 11 aliphatic rings. The molecule has 0 radical (unpaired) electrons. The van der Waals surface area contributed by atoms with Crippen molar-refractivity contribution < 1.29 is 4.74 Å². The van der Waals surface area contributed by atoms with Crippen molar-refractivity contribution in [1.82, 2.24) is 59.2 Å². The van der Waals surface area contributed by atoms with Crippen LogP contribution in [0.4, 0.5) is 0 Å². The Bertz CT molecular complexity index is 2250. The zero-order valence-electron chi connectivity index (χ0n) is 98.5. The standard InChI is InChI=1S/C11H24N2.C11H23NO.3C11H23N.C10H22N2.C10H21N.C9H18.C8H17N.C7H15N.C6H13N.3C4H10/c1-9(2)12-11-5-7-13(8-6-11)10(3)4;1-9(2)12-7-5-11(6-8-12)13-10(3)4;1-9(2)11-5-7-12(8-6-11)10(3)4;1-9(2)11-6-5-7-12(8-11)10(3)4;1-9(2)11-7-5-6-8-12(11)10(3)4;1-9(2)11-5-7-12(8-6-11)10(3)4;1-8(2)5-10-6-11(7-10)9(3)4;1-7(2)9(5-6-9)8(3)4;1-8(2)9-6-4-3-5-7-9;1-7(2)8-5-3-4-6-8;1-6(2)7-4-3-5-7;3*1-4(2)3/h9-12H,5-8H2,1-4H3;9-11H,5-8H2,1-4H3;3*9-11H,5-8H2,1-4H3;9-10H,5-8H2,1-4H3;8-10H,5-7H2,1-4H3;7-8H,5-6H2,1-4H3;8H,3-7H2,1-2H3;7H,3-6H2,1-2H3;6H,3-5H2,1-2H3;3*4H,1-3H3. The van der Waals surface area contributed by atoms with Crippen LogP contribution in [0.3, 0.4) is 0 Å². The molecule has 0 aromatic carbocycles. The summed E-state index contributed by atoms with van der Waals surface area (Å²) in [5.41, 5.74) is 0.750. The summed E-state index contributed by atoms with van der Waals surface area (Å²) in [7, 11) is 0. The van der Waals surface area contributed by atoms with Crippen LogP contribution in [0, 0.1) is 76.4 Å². The zero-order chi connectivity index (χ0) is 100. The van der Waals surface area contributed by atoms with E-state index in [2.05, 4.69) is 385 Å². The average Bonchev–Trinajstić information content (AvgIpc) is 1.63. The van der Waals surface area contributed by atoms with Gasteiger partial charge < -0.3 is 49.3 Å². The summed E-state index contributed by atoms with van der Waals surface area (Å²) in [6, 6.07) is 10.4. The molecule has 0 aromatic rings. The Kier molecular flexibility index (Phi) is 78.4. The summed E-state index contributed by atoms with van der Waals surface area (Å²) < 4.78 is 5.79. The van der Waals surface area contributed by atoms with Crippen molar-refractivity contribution in [1.29, 1.82) is 0 Å². The Morgan fingerprint density at radius 2 is 0.554 bits per heavy atom. The lowest BCUT2D eigenvalue weighted by Crippen LogP contribution is -2.50. The average molecular weight is 1840 g/mol. The first-order valence-electron chi connectivity index (χ1n) is 57.0. The van der Waals surface area contributed by atoms with Crippen molar-refractivity contribution in [3.63, 3.8) is 0 Å². The van der Waals surface area contributed by atoms with Crippen molar-refractivity contribution in [2.45, 2.75) is 551 Å².